The van der Waals surface area contributed by atoms with E-state index in [1.165, 1.54) is 7.11 Å². The van der Waals surface area contributed by atoms with Gasteiger partial charge in [0.05, 0.1) is 31.6 Å². The molecule has 6 heteroatoms. The molecule has 102 valence electrons. The van der Waals surface area contributed by atoms with E-state index in [-0.39, 0.29) is 6.61 Å². The van der Waals surface area contributed by atoms with Crippen LogP contribution >= 0.6 is 11.6 Å². The van der Waals surface area contributed by atoms with E-state index in [1.54, 1.807) is 24.7 Å². The molecule has 0 spiro atoms. The van der Waals surface area contributed by atoms with Crippen LogP contribution in [0.25, 0.3) is 0 Å². The lowest BCUT2D eigenvalue weighted by atomic mass is 10.2. The molecule has 0 aliphatic heterocycles. The largest absolute Gasteiger partial charge is 0.493 e. The first-order valence-corrected chi connectivity index (χ1v) is 6.18. The van der Waals surface area contributed by atoms with E-state index in [0.717, 1.165) is 0 Å². The van der Waals surface area contributed by atoms with Crippen LogP contribution in [0, 0.1) is 0 Å². The van der Waals surface area contributed by atoms with Crippen molar-refractivity contribution in [3.63, 3.8) is 0 Å². The number of nitrogens with zero attached hydrogens (tertiary/aromatic N) is 2. The fourth-order valence-corrected chi connectivity index (χ4v) is 1.96. The highest BCUT2D eigenvalue weighted by molar-refractivity contribution is 6.32. The van der Waals surface area contributed by atoms with Crippen LogP contribution in [0.5, 0.6) is 11.5 Å². The number of rotatable bonds is 6. The first-order chi connectivity index (χ1) is 9.24. The Bertz CT molecular complexity index is 529. The van der Waals surface area contributed by atoms with Gasteiger partial charge in [0.15, 0.2) is 11.5 Å². The van der Waals surface area contributed by atoms with Crippen molar-refractivity contribution in [2.24, 2.45) is 0 Å². The van der Waals surface area contributed by atoms with E-state index in [0.29, 0.717) is 35.2 Å². The summed E-state index contributed by atoms with van der Waals surface area (Å²) in [5.74, 6) is 1.00. The van der Waals surface area contributed by atoms with E-state index in [9.17, 15) is 0 Å². The van der Waals surface area contributed by atoms with Crippen LogP contribution in [0.4, 0.5) is 0 Å². The average Bonchev–Trinajstić information content (AvgIpc) is 2.93. The molecule has 0 saturated heterocycles. The van der Waals surface area contributed by atoms with Crippen molar-refractivity contribution < 1.29 is 14.6 Å². The number of hydrogen-bond acceptors (Lipinski definition) is 4. The lowest BCUT2D eigenvalue weighted by Gasteiger charge is -2.13. The summed E-state index contributed by atoms with van der Waals surface area (Å²) >= 11 is 6.12. The molecule has 5 nitrogen and oxygen atoms in total. The predicted octanol–water partition coefficient (Wildman–Crippen LogP) is 2.12. The molecule has 0 unspecified atom stereocenters. The molecule has 19 heavy (non-hydrogen) atoms. The summed E-state index contributed by atoms with van der Waals surface area (Å²) in [5.41, 5.74) is 0.684. The molecule has 1 aromatic carbocycles. The lowest BCUT2D eigenvalue weighted by molar-refractivity contribution is 0.272. The third-order valence-electron chi connectivity index (χ3n) is 2.63. The van der Waals surface area contributed by atoms with Gasteiger partial charge in [0.25, 0.3) is 0 Å². The van der Waals surface area contributed by atoms with E-state index in [1.807, 2.05) is 10.8 Å². The Morgan fingerprint density at radius 1 is 1.42 bits per heavy atom. The van der Waals surface area contributed by atoms with E-state index < -0.39 is 0 Å². The summed E-state index contributed by atoms with van der Waals surface area (Å²) in [6.45, 7) is 1.03. The zero-order valence-electron chi connectivity index (χ0n) is 10.5. The van der Waals surface area contributed by atoms with Crippen molar-refractivity contribution in [3.8, 4) is 11.5 Å². The Morgan fingerprint density at radius 3 is 2.89 bits per heavy atom. The number of aliphatic hydroxyl groups is 1. The maximum absolute atomic E-state index is 9.11. The van der Waals surface area contributed by atoms with Crippen molar-refractivity contribution in [1.29, 1.82) is 0 Å². The van der Waals surface area contributed by atoms with Gasteiger partial charge in [-0.2, -0.15) is 0 Å². The van der Waals surface area contributed by atoms with Gasteiger partial charge in [0.2, 0.25) is 0 Å². The molecule has 1 heterocycles. The van der Waals surface area contributed by atoms with E-state index in [4.69, 9.17) is 26.2 Å². The monoisotopic (exact) mass is 282 g/mol. The fraction of sp³-hybridized carbons (Fsp3) is 0.308. The zero-order chi connectivity index (χ0) is 13.7. The van der Waals surface area contributed by atoms with Gasteiger partial charge in [-0.3, -0.25) is 0 Å². The highest BCUT2D eigenvalue weighted by Crippen LogP contribution is 2.36. The van der Waals surface area contributed by atoms with Gasteiger partial charge >= 0.3 is 0 Å². The molecule has 0 aliphatic rings. The van der Waals surface area contributed by atoms with Gasteiger partial charge < -0.3 is 19.1 Å². The number of ether oxygens (including phenoxy) is 2. The van der Waals surface area contributed by atoms with Crippen LogP contribution in [0.15, 0.2) is 30.9 Å². The molecule has 0 amide bonds. The Labute approximate surface area is 116 Å². The summed E-state index contributed by atoms with van der Waals surface area (Å²) in [6.07, 6.45) is 5.29. The van der Waals surface area contributed by atoms with Crippen molar-refractivity contribution in [1.82, 2.24) is 9.55 Å². The minimum atomic E-state index is -0.0919. The number of imidazole rings is 1. The van der Waals surface area contributed by atoms with Gasteiger partial charge in [0.1, 0.15) is 6.61 Å². The molecule has 1 aromatic heterocycles. The van der Waals surface area contributed by atoms with Crippen molar-refractivity contribution in [2.75, 3.05) is 13.7 Å². The molecule has 0 bridgehead atoms. The number of aliphatic hydroxyl groups excluding tert-OH is 1. The van der Waals surface area contributed by atoms with Gasteiger partial charge in [-0.05, 0) is 17.7 Å². The van der Waals surface area contributed by atoms with Gasteiger partial charge in [-0.25, -0.2) is 4.98 Å². The minimum absolute atomic E-state index is 0.0919. The second kappa shape index (κ2) is 6.45. The standard InChI is InChI=1S/C13H15ClN2O3/c1-18-12-7-10(8-17)6-11(14)13(12)19-5-4-16-3-2-15-9-16/h2-3,6-7,9,17H,4-5,8H2,1H3. The molecule has 0 radical (unpaired) electrons. The molecular weight excluding hydrogens is 268 g/mol. The number of halogens is 1. The summed E-state index contributed by atoms with van der Waals surface area (Å²) in [4.78, 5) is 3.95. The molecule has 0 fully saturated rings. The van der Waals surface area contributed by atoms with Crippen molar-refractivity contribution in [2.45, 2.75) is 13.2 Å². The number of hydrogen-bond donors (Lipinski definition) is 1. The first-order valence-electron chi connectivity index (χ1n) is 5.80. The van der Waals surface area contributed by atoms with Crippen LogP contribution in [0.2, 0.25) is 5.02 Å². The SMILES string of the molecule is COc1cc(CO)cc(Cl)c1OCCn1ccnc1. The molecule has 0 saturated carbocycles. The molecule has 0 atom stereocenters. The molecule has 2 aromatic rings. The third kappa shape index (κ3) is 3.39. The normalized spacial score (nSPS) is 10.5. The summed E-state index contributed by atoms with van der Waals surface area (Å²) < 4.78 is 12.8. The van der Waals surface area contributed by atoms with E-state index >= 15 is 0 Å². The summed E-state index contributed by atoms with van der Waals surface area (Å²) in [5, 5.41) is 9.53. The summed E-state index contributed by atoms with van der Waals surface area (Å²) in [6, 6.07) is 3.37. The van der Waals surface area contributed by atoms with Gasteiger partial charge in [-0.15, -0.1) is 0 Å². The molecule has 0 aliphatic carbocycles. The number of aromatic nitrogens is 2. The van der Waals surface area contributed by atoms with E-state index in [2.05, 4.69) is 4.98 Å². The molecular formula is C13H15ClN2O3. The topological polar surface area (TPSA) is 56.5 Å². The fourth-order valence-electron chi connectivity index (χ4n) is 1.68. The minimum Gasteiger partial charge on any atom is -0.493 e. The maximum Gasteiger partial charge on any atom is 0.179 e. The maximum atomic E-state index is 9.11. The first kappa shape index (κ1) is 13.7. The number of benzene rings is 1. The molecule has 1 N–H and O–H groups in total. The quantitative estimate of drug-likeness (QED) is 0.882. The lowest BCUT2D eigenvalue weighted by Crippen LogP contribution is -2.07. The zero-order valence-corrected chi connectivity index (χ0v) is 11.3. The molecule has 2 rings (SSSR count). The van der Waals surface area contributed by atoms with Crippen LogP contribution in [-0.4, -0.2) is 28.4 Å². The third-order valence-corrected chi connectivity index (χ3v) is 2.91. The van der Waals surface area contributed by atoms with Gasteiger partial charge in [-0.1, -0.05) is 11.6 Å². The summed E-state index contributed by atoms with van der Waals surface area (Å²) in [7, 11) is 1.54. The van der Waals surface area contributed by atoms with Crippen LogP contribution in [0.1, 0.15) is 5.56 Å². The second-order valence-electron chi connectivity index (χ2n) is 3.92. The average molecular weight is 283 g/mol. The Morgan fingerprint density at radius 2 is 2.26 bits per heavy atom. The Hall–Kier alpha value is -1.72. The highest BCUT2D eigenvalue weighted by atomic mass is 35.5. The Kier molecular flexibility index (Phi) is 4.65. The second-order valence-corrected chi connectivity index (χ2v) is 4.32. The van der Waals surface area contributed by atoms with Crippen LogP contribution in [-0.2, 0) is 13.2 Å². The van der Waals surface area contributed by atoms with Crippen LogP contribution in [0.3, 0.4) is 0 Å². The van der Waals surface area contributed by atoms with Crippen molar-refractivity contribution >= 4 is 11.6 Å². The van der Waals surface area contributed by atoms with Crippen LogP contribution < -0.4 is 9.47 Å². The Balaban J connectivity index is 2.06. The van der Waals surface area contributed by atoms with Crippen molar-refractivity contribution in [3.05, 3.63) is 41.4 Å². The number of methoxy groups -OCH3 is 1. The van der Waals surface area contributed by atoms with Gasteiger partial charge in [0, 0.05) is 12.4 Å². The highest BCUT2D eigenvalue weighted by Gasteiger charge is 2.11. The smallest absolute Gasteiger partial charge is 0.179 e. The predicted molar refractivity (Wildman–Crippen MR) is 71.6 cm³/mol.